The molecule has 1 aromatic heterocycles. The van der Waals surface area contributed by atoms with Crippen LogP contribution >= 0.6 is 0 Å². The summed E-state index contributed by atoms with van der Waals surface area (Å²) >= 11 is 0. The number of hydrogen-bond acceptors (Lipinski definition) is 4. The highest BCUT2D eigenvalue weighted by Crippen LogP contribution is 2.22. The number of rotatable bonds is 5. The maximum absolute atomic E-state index is 12.4. The van der Waals surface area contributed by atoms with Crippen LogP contribution in [0.5, 0.6) is 0 Å². The third-order valence-electron chi connectivity index (χ3n) is 3.95. The molecule has 2 aromatic carbocycles. The van der Waals surface area contributed by atoms with Crippen molar-refractivity contribution in [2.45, 2.75) is 32.2 Å². The van der Waals surface area contributed by atoms with Gasteiger partial charge in [0.05, 0.1) is 17.1 Å². The van der Waals surface area contributed by atoms with Gasteiger partial charge in [0.15, 0.2) is 0 Å². The standard InChI is InChI=1S/C19H20N2O3S/c1-13-4-8-16(9-5-13)19-21-18(15(3)24-19)12-20-25(22,23)17-10-6-14(2)7-11-17/h4-11,20H,12H2,1-3H3. The summed E-state index contributed by atoms with van der Waals surface area (Å²) in [6.07, 6.45) is 0. The van der Waals surface area contributed by atoms with E-state index in [1.54, 1.807) is 31.2 Å². The molecule has 0 radical (unpaired) electrons. The lowest BCUT2D eigenvalue weighted by Gasteiger charge is -2.05. The molecule has 3 rings (SSSR count). The smallest absolute Gasteiger partial charge is 0.240 e. The number of hydrogen-bond donors (Lipinski definition) is 1. The highest BCUT2D eigenvalue weighted by atomic mass is 32.2. The van der Waals surface area contributed by atoms with E-state index in [-0.39, 0.29) is 11.4 Å². The van der Waals surface area contributed by atoms with E-state index in [4.69, 9.17) is 4.42 Å². The van der Waals surface area contributed by atoms with E-state index in [2.05, 4.69) is 9.71 Å². The number of benzene rings is 2. The van der Waals surface area contributed by atoms with Crippen LogP contribution in [0.15, 0.2) is 57.8 Å². The highest BCUT2D eigenvalue weighted by molar-refractivity contribution is 7.89. The van der Waals surface area contributed by atoms with Crippen LogP contribution < -0.4 is 4.72 Å². The first-order valence-corrected chi connectivity index (χ1v) is 9.43. The maximum atomic E-state index is 12.4. The molecule has 0 fully saturated rings. The molecule has 0 saturated heterocycles. The Bertz CT molecular complexity index is 973. The molecule has 0 atom stereocenters. The van der Waals surface area contributed by atoms with E-state index in [1.807, 2.05) is 38.1 Å². The summed E-state index contributed by atoms with van der Waals surface area (Å²) in [5.74, 6) is 1.09. The van der Waals surface area contributed by atoms with Crippen LogP contribution in [0.25, 0.3) is 11.5 Å². The molecule has 0 spiro atoms. The van der Waals surface area contributed by atoms with E-state index in [0.717, 1.165) is 16.7 Å². The lowest BCUT2D eigenvalue weighted by molar-refractivity contribution is 0.538. The molecule has 25 heavy (non-hydrogen) atoms. The van der Waals surface area contributed by atoms with Crippen LogP contribution in [-0.2, 0) is 16.6 Å². The van der Waals surface area contributed by atoms with Crippen LogP contribution in [0, 0.1) is 20.8 Å². The van der Waals surface area contributed by atoms with Gasteiger partial charge in [0.25, 0.3) is 0 Å². The number of nitrogens with one attached hydrogen (secondary N) is 1. The Morgan fingerprint density at radius 1 is 0.920 bits per heavy atom. The minimum Gasteiger partial charge on any atom is -0.441 e. The first-order chi connectivity index (χ1) is 11.8. The summed E-state index contributed by atoms with van der Waals surface area (Å²) in [6, 6.07) is 14.5. The van der Waals surface area contributed by atoms with Gasteiger partial charge in [-0.1, -0.05) is 35.4 Å². The molecule has 0 amide bonds. The Labute approximate surface area is 147 Å². The quantitative estimate of drug-likeness (QED) is 0.756. The van der Waals surface area contributed by atoms with E-state index < -0.39 is 10.0 Å². The van der Waals surface area contributed by atoms with Crippen molar-refractivity contribution in [3.05, 3.63) is 71.1 Å². The molecule has 5 nitrogen and oxygen atoms in total. The summed E-state index contributed by atoms with van der Waals surface area (Å²) in [7, 11) is -3.58. The van der Waals surface area contributed by atoms with Crippen molar-refractivity contribution in [3.63, 3.8) is 0 Å². The van der Waals surface area contributed by atoms with Crippen LogP contribution in [0.2, 0.25) is 0 Å². The second-order valence-corrected chi connectivity index (χ2v) is 7.79. The summed E-state index contributed by atoms with van der Waals surface area (Å²) in [5, 5.41) is 0. The van der Waals surface area contributed by atoms with Crippen molar-refractivity contribution in [2.24, 2.45) is 0 Å². The molecule has 0 unspecified atom stereocenters. The molecular formula is C19H20N2O3S. The largest absolute Gasteiger partial charge is 0.441 e. The summed E-state index contributed by atoms with van der Waals surface area (Å²) < 4.78 is 33.0. The van der Waals surface area contributed by atoms with Gasteiger partial charge in [-0.25, -0.2) is 18.1 Å². The Morgan fingerprint density at radius 2 is 1.48 bits per heavy atom. The minimum absolute atomic E-state index is 0.0808. The van der Waals surface area contributed by atoms with Crippen molar-refractivity contribution in [1.29, 1.82) is 0 Å². The van der Waals surface area contributed by atoms with Gasteiger partial charge < -0.3 is 4.42 Å². The molecular weight excluding hydrogens is 336 g/mol. The van der Waals surface area contributed by atoms with Crippen molar-refractivity contribution in [2.75, 3.05) is 0 Å². The van der Waals surface area contributed by atoms with Crippen LogP contribution in [0.3, 0.4) is 0 Å². The zero-order chi connectivity index (χ0) is 18.0. The Hall–Kier alpha value is -2.44. The summed E-state index contributed by atoms with van der Waals surface area (Å²) in [4.78, 5) is 4.66. The van der Waals surface area contributed by atoms with Crippen LogP contribution in [0.4, 0.5) is 0 Å². The van der Waals surface area contributed by atoms with E-state index >= 15 is 0 Å². The average molecular weight is 356 g/mol. The minimum atomic E-state index is -3.58. The second-order valence-electron chi connectivity index (χ2n) is 6.03. The van der Waals surface area contributed by atoms with Gasteiger partial charge in [-0.05, 0) is 45.0 Å². The maximum Gasteiger partial charge on any atom is 0.240 e. The molecule has 6 heteroatoms. The highest BCUT2D eigenvalue weighted by Gasteiger charge is 2.17. The first-order valence-electron chi connectivity index (χ1n) is 7.95. The number of nitrogens with zero attached hydrogens (tertiary/aromatic N) is 1. The fraction of sp³-hybridized carbons (Fsp3) is 0.211. The number of sulfonamides is 1. The molecule has 3 aromatic rings. The topological polar surface area (TPSA) is 72.2 Å². The zero-order valence-corrected chi connectivity index (χ0v) is 15.2. The van der Waals surface area contributed by atoms with Gasteiger partial charge in [-0.15, -0.1) is 0 Å². The SMILES string of the molecule is Cc1ccc(-c2nc(CNS(=O)(=O)c3ccc(C)cc3)c(C)o2)cc1. The van der Waals surface area contributed by atoms with Gasteiger partial charge in [-0.3, -0.25) is 0 Å². The number of oxazole rings is 1. The third kappa shape index (κ3) is 3.97. The lowest BCUT2D eigenvalue weighted by Crippen LogP contribution is -2.23. The van der Waals surface area contributed by atoms with Crippen molar-refractivity contribution in [3.8, 4) is 11.5 Å². The Morgan fingerprint density at radius 3 is 2.08 bits per heavy atom. The predicted molar refractivity (Wildman–Crippen MR) is 96.6 cm³/mol. The predicted octanol–water partition coefficient (Wildman–Crippen LogP) is 3.75. The van der Waals surface area contributed by atoms with Crippen molar-refractivity contribution >= 4 is 10.0 Å². The molecule has 0 bridgehead atoms. The van der Waals surface area contributed by atoms with Gasteiger partial charge in [-0.2, -0.15) is 0 Å². The molecule has 0 saturated carbocycles. The summed E-state index contributed by atoms with van der Waals surface area (Å²) in [5.41, 5.74) is 3.60. The average Bonchev–Trinajstić information content (AvgIpc) is 2.95. The van der Waals surface area contributed by atoms with E-state index in [0.29, 0.717) is 17.3 Å². The van der Waals surface area contributed by atoms with Crippen LogP contribution in [-0.4, -0.2) is 13.4 Å². The molecule has 1 heterocycles. The molecule has 1 N–H and O–H groups in total. The molecule has 0 aliphatic heterocycles. The Balaban J connectivity index is 1.77. The fourth-order valence-electron chi connectivity index (χ4n) is 2.38. The van der Waals surface area contributed by atoms with Crippen molar-refractivity contribution < 1.29 is 12.8 Å². The number of aromatic nitrogens is 1. The lowest BCUT2D eigenvalue weighted by atomic mass is 10.1. The monoisotopic (exact) mass is 356 g/mol. The van der Waals surface area contributed by atoms with Gasteiger partial charge >= 0.3 is 0 Å². The third-order valence-corrected chi connectivity index (χ3v) is 5.37. The molecule has 130 valence electrons. The van der Waals surface area contributed by atoms with E-state index in [1.165, 1.54) is 0 Å². The van der Waals surface area contributed by atoms with Gasteiger partial charge in [0.2, 0.25) is 15.9 Å². The van der Waals surface area contributed by atoms with E-state index in [9.17, 15) is 8.42 Å². The molecule has 0 aliphatic rings. The Kier molecular flexibility index (Phi) is 4.74. The first kappa shape index (κ1) is 17.4. The van der Waals surface area contributed by atoms with Crippen molar-refractivity contribution in [1.82, 2.24) is 9.71 Å². The second kappa shape index (κ2) is 6.82. The molecule has 0 aliphatic carbocycles. The normalized spacial score (nSPS) is 11.6. The summed E-state index contributed by atoms with van der Waals surface area (Å²) in [6.45, 7) is 5.78. The van der Waals surface area contributed by atoms with Gasteiger partial charge in [0.1, 0.15) is 5.76 Å². The fourth-order valence-corrected chi connectivity index (χ4v) is 3.36. The van der Waals surface area contributed by atoms with Crippen LogP contribution in [0.1, 0.15) is 22.6 Å². The van der Waals surface area contributed by atoms with Gasteiger partial charge in [0, 0.05) is 5.56 Å². The zero-order valence-electron chi connectivity index (χ0n) is 14.4. The number of aryl methyl sites for hydroxylation is 3.